The number of carbonyl (C=O) groups is 3. The number of hydrogen-bond acceptors (Lipinski definition) is 6. The monoisotopic (exact) mass is 498 g/mol. The molecule has 2 aromatic carbocycles. The molecule has 2 heterocycles. The van der Waals surface area contributed by atoms with Gasteiger partial charge in [0, 0.05) is 24.3 Å². The molecular weight excluding hydrogens is 476 g/mol. The van der Waals surface area contributed by atoms with Gasteiger partial charge in [-0.15, -0.1) is 11.3 Å². The summed E-state index contributed by atoms with van der Waals surface area (Å²) in [7, 11) is 0. The van der Waals surface area contributed by atoms with Crippen LogP contribution in [0.15, 0.2) is 48.5 Å². The minimum Gasteiger partial charge on any atom is -0.397 e. The number of amides is 3. The minimum absolute atomic E-state index is 0.0494. The number of morpholine rings is 1. The first-order valence-corrected chi connectivity index (χ1v) is 11.7. The maximum atomic E-state index is 13.0. The molecule has 176 valence electrons. The number of ether oxygens (including phenoxy) is 1. The van der Waals surface area contributed by atoms with Gasteiger partial charge < -0.3 is 26.0 Å². The van der Waals surface area contributed by atoms with E-state index in [4.69, 9.17) is 22.1 Å². The van der Waals surface area contributed by atoms with Gasteiger partial charge in [0.15, 0.2) is 0 Å². The molecule has 1 aliphatic rings. The number of para-hydroxylation sites is 1. The van der Waals surface area contributed by atoms with Crippen molar-refractivity contribution < 1.29 is 19.1 Å². The number of thiophene rings is 1. The highest BCUT2D eigenvalue weighted by Crippen LogP contribution is 2.27. The molecule has 0 spiro atoms. The molecule has 0 unspecified atom stereocenters. The minimum atomic E-state index is -0.349. The third-order valence-electron chi connectivity index (χ3n) is 5.39. The topological polar surface area (TPSA) is 114 Å². The van der Waals surface area contributed by atoms with Crippen molar-refractivity contribution >= 4 is 57.7 Å². The summed E-state index contributed by atoms with van der Waals surface area (Å²) in [5.41, 5.74) is 9.59. The fourth-order valence-corrected chi connectivity index (χ4v) is 4.64. The van der Waals surface area contributed by atoms with E-state index >= 15 is 0 Å². The van der Waals surface area contributed by atoms with Crippen LogP contribution in [0.1, 0.15) is 31.2 Å². The van der Waals surface area contributed by atoms with Gasteiger partial charge in [0.25, 0.3) is 17.7 Å². The number of aryl methyl sites for hydroxylation is 1. The third-order valence-corrected chi connectivity index (χ3v) is 6.62. The second-order valence-corrected chi connectivity index (χ2v) is 9.44. The number of hydrogen-bond donors (Lipinski definition) is 3. The molecule has 3 aromatic rings. The van der Waals surface area contributed by atoms with Crippen LogP contribution in [0.3, 0.4) is 0 Å². The molecule has 0 aliphatic carbocycles. The molecule has 0 bridgehead atoms. The highest BCUT2D eigenvalue weighted by molar-refractivity contribution is 7.18. The number of nitrogens with two attached hydrogens (primary N) is 1. The second-order valence-electron chi connectivity index (χ2n) is 7.72. The summed E-state index contributed by atoms with van der Waals surface area (Å²) in [6.45, 7) is 3.02. The maximum Gasteiger partial charge on any atom is 0.261 e. The SMILES string of the molecule is Cc1cc(C(=O)Nc2c(N)cccc2CNC(=O)c2ccc(Cl)s2)ccc1N1CCOCC1=O. The molecule has 0 saturated carbocycles. The first-order valence-electron chi connectivity index (χ1n) is 10.5. The lowest BCUT2D eigenvalue weighted by Crippen LogP contribution is -2.42. The van der Waals surface area contributed by atoms with Crippen LogP contribution in [-0.2, 0) is 16.1 Å². The molecule has 0 atom stereocenters. The molecule has 1 fully saturated rings. The summed E-state index contributed by atoms with van der Waals surface area (Å²) in [6, 6.07) is 13.7. The lowest BCUT2D eigenvalue weighted by Gasteiger charge is -2.28. The average Bonchev–Trinajstić information content (AvgIpc) is 3.26. The first kappa shape index (κ1) is 23.7. The summed E-state index contributed by atoms with van der Waals surface area (Å²) >= 11 is 7.09. The maximum absolute atomic E-state index is 13.0. The molecule has 4 rings (SSSR count). The Hall–Kier alpha value is -3.40. The Morgan fingerprint density at radius 1 is 1.18 bits per heavy atom. The zero-order valence-electron chi connectivity index (χ0n) is 18.4. The number of benzene rings is 2. The molecule has 34 heavy (non-hydrogen) atoms. The van der Waals surface area contributed by atoms with Crippen molar-refractivity contribution in [2.24, 2.45) is 0 Å². The van der Waals surface area contributed by atoms with Gasteiger partial charge in [0.05, 0.1) is 27.2 Å². The molecule has 0 radical (unpaired) electrons. The van der Waals surface area contributed by atoms with Crippen LogP contribution in [0.25, 0.3) is 0 Å². The fourth-order valence-electron chi connectivity index (χ4n) is 3.68. The molecule has 1 aromatic heterocycles. The summed E-state index contributed by atoms with van der Waals surface area (Å²) in [6.07, 6.45) is 0. The Morgan fingerprint density at radius 2 is 2.00 bits per heavy atom. The van der Waals surface area contributed by atoms with Crippen molar-refractivity contribution in [1.29, 1.82) is 0 Å². The molecule has 8 nitrogen and oxygen atoms in total. The summed E-state index contributed by atoms with van der Waals surface area (Å²) < 4.78 is 5.72. The normalized spacial score (nSPS) is 13.6. The van der Waals surface area contributed by atoms with Gasteiger partial charge in [-0.3, -0.25) is 14.4 Å². The van der Waals surface area contributed by atoms with Gasteiger partial charge in [-0.25, -0.2) is 0 Å². The molecule has 3 amide bonds. The lowest BCUT2D eigenvalue weighted by molar-refractivity contribution is -0.125. The summed E-state index contributed by atoms with van der Waals surface area (Å²) in [5.74, 6) is -0.723. The Bertz CT molecular complexity index is 1260. The summed E-state index contributed by atoms with van der Waals surface area (Å²) in [4.78, 5) is 39.7. The zero-order valence-corrected chi connectivity index (χ0v) is 20.0. The zero-order chi connectivity index (χ0) is 24.2. The van der Waals surface area contributed by atoms with E-state index < -0.39 is 0 Å². The fraction of sp³-hybridized carbons (Fsp3) is 0.208. The van der Waals surface area contributed by atoms with Crippen LogP contribution < -0.4 is 21.3 Å². The van der Waals surface area contributed by atoms with E-state index in [9.17, 15) is 14.4 Å². The number of nitrogen functional groups attached to an aromatic ring is 1. The number of carbonyl (C=O) groups excluding carboxylic acids is 3. The van der Waals surface area contributed by atoms with Crippen molar-refractivity contribution in [3.05, 3.63) is 74.4 Å². The average molecular weight is 499 g/mol. The van der Waals surface area contributed by atoms with Gasteiger partial charge >= 0.3 is 0 Å². The van der Waals surface area contributed by atoms with Crippen LogP contribution >= 0.6 is 22.9 Å². The van der Waals surface area contributed by atoms with Crippen molar-refractivity contribution in [1.82, 2.24) is 5.32 Å². The van der Waals surface area contributed by atoms with E-state index in [1.54, 1.807) is 53.4 Å². The predicted octanol–water partition coefficient (Wildman–Crippen LogP) is 3.84. The summed E-state index contributed by atoms with van der Waals surface area (Å²) in [5, 5.41) is 5.69. The number of nitrogens with one attached hydrogen (secondary N) is 2. The van der Waals surface area contributed by atoms with Gasteiger partial charge in [-0.2, -0.15) is 0 Å². The van der Waals surface area contributed by atoms with E-state index in [1.165, 1.54) is 11.3 Å². The largest absolute Gasteiger partial charge is 0.397 e. The number of nitrogens with zero attached hydrogens (tertiary/aromatic N) is 1. The van der Waals surface area contributed by atoms with E-state index in [0.717, 1.165) is 11.3 Å². The van der Waals surface area contributed by atoms with Crippen LogP contribution in [0.4, 0.5) is 17.1 Å². The van der Waals surface area contributed by atoms with E-state index in [2.05, 4.69) is 10.6 Å². The second kappa shape index (κ2) is 10.3. The number of rotatable bonds is 6. The lowest BCUT2D eigenvalue weighted by atomic mass is 10.1. The highest BCUT2D eigenvalue weighted by Gasteiger charge is 2.22. The van der Waals surface area contributed by atoms with Crippen molar-refractivity contribution in [3.63, 3.8) is 0 Å². The van der Waals surface area contributed by atoms with Crippen LogP contribution in [0, 0.1) is 6.92 Å². The molecule has 10 heteroatoms. The van der Waals surface area contributed by atoms with Crippen molar-refractivity contribution in [2.75, 3.05) is 35.7 Å². The molecule has 1 saturated heterocycles. The van der Waals surface area contributed by atoms with Gasteiger partial charge in [0.2, 0.25) is 0 Å². The van der Waals surface area contributed by atoms with Gasteiger partial charge in [-0.1, -0.05) is 23.7 Å². The standard InChI is InChI=1S/C24H23ClN4O4S/c1-14-11-15(5-6-18(14)29-9-10-33-13-21(29)30)23(31)28-22-16(3-2-4-17(22)26)12-27-24(32)19-7-8-20(25)34-19/h2-8,11H,9-10,12-13,26H2,1H3,(H,27,32)(H,28,31). The molecule has 4 N–H and O–H groups in total. The number of anilines is 3. The molecular formula is C24H23ClN4O4S. The third kappa shape index (κ3) is 5.22. The van der Waals surface area contributed by atoms with Crippen LogP contribution in [-0.4, -0.2) is 37.5 Å². The smallest absolute Gasteiger partial charge is 0.261 e. The van der Waals surface area contributed by atoms with Gasteiger partial charge in [0.1, 0.15) is 6.61 Å². The van der Waals surface area contributed by atoms with Crippen molar-refractivity contribution in [3.8, 4) is 0 Å². The van der Waals surface area contributed by atoms with E-state index in [0.29, 0.717) is 44.9 Å². The number of halogens is 1. The van der Waals surface area contributed by atoms with Crippen molar-refractivity contribution in [2.45, 2.75) is 13.5 Å². The van der Waals surface area contributed by atoms with E-state index in [1.807, 2.05) is 6.92 Å². The van der Waals surface area contributed by atoms with Crippen LogP contribution in [0.2, 0.25) is 4.34 Å². The first-order chi connectivity index (χ1) is 16.3. The molecule has 1 aliphatic heterocycles. The Kier molecular flexibility index (Phi) is 7.16. The Labute approximate surface area is 205 Å². The Morgan fingerprint density at radius 3 is 2.71 bits per heavy atom. The Balaban J connectivity index is 1.49. The van der Waals surface area contributed by atoms with Gasteiger partial charge in [-0.05, 0) is 54.4 Å². The van der Waals surface area contributed by atoms with Crippen LogP contribution in [0.5, 0.6) is 0 Å². The predicted molar refractivity (Wildman–Crippen MR) is 134 cm³/mol. The van der Waals surface area contributed by atoms with E-state index in [-0.39, 0.29) is 30.9 Å². The highest BCUT2D eigenvalue weighted by atomic mass is 35.5. The quantitative estimate of drug-likeness (QED) is 0.447.